The molecule has 5 heteroatoms. The molecule has 1 aromatic carbocycles. The Labute approximate surface area is 131 Å². The minimum atomic E-state index is -0.697. The predicted octanol–water partition coefficient (Wildman–Crippen LogP) is 2.95. The van der Waals surface area contributed by atoms with Crippen molar-refractivity contribution < 1.29 is 19.4 Å². The molecule has 0 radical (unpaired) electrons. The number of rotatable bonds is 6. The van der Waals surface area contributed by atoms with Gasteiger partial charge in [-0.15, -0.1) is 0 Å². The van der Waals surface area contributed by atoms with Crippen LogP contribution in [-0.2, 0) is 4.79 Å². The molecule has 0 spiro atoms. The molecule has 122 valence electrons. The number of ether oxygens (including phenoxy) is 2. The summed E-state index contributed by atoms with van der Waals surface area (Å²) in [6, 6.07) is 5.94. The topological polar surface area (TPSA) is 59.0 Å². The van der Waals surface area contributed by atoms with Crippen LogP contribution in [0.2, 0.25) is 0 Å². The van der Waals surface area contributed by atoms with Crippen molar-refractivity contribution in [3.63, 3.8) is 0 Å². The average molecular weight is 307 g/mol. The van der Waals surface area contributed by atoms with Gasteiger partial charge in [-0.05, 0) is 44.0 Å². The summed E-state index contributed by atoms with van der Waals surface area (Å²) in [4.78, 5) is 13.6. The van der Waals surface area contributed by atoms with Gasteiger partial charge in [0.25, 0.3) is 0 Å². The molecule has 1 fully saturated rings. The third-order valence-corrected chi connectivity index (χ3v) is 4.43. The molecule has 0 aliphatic carbocycles. The molecule has 2 unspecified atom stereocenters. The van der Waals surface area contributed by atoms with Crippen LogP contribution in [0.25, 0.3) is 0 Å². The van der Waals surface area contributed by atoms with E-state index in [1.54, 1.807) is 14.2 Å². The normalized spacial score (nSPS) is 20.4. The fraction of sp³-hybridized carbons (Fsp3) is 0.588. The van der Waals surface area contributed by atoms with Gasteiger partial charge in [0.1, 0.15) is 11.5 Å². The van der Waals surface area contributed by atoms with Crippen LogP contribution in [0.1, 0.15) is 37.8 Å². The second kappa shape index (κ2) is 7.49. The highest BCUT2D eigenvalue weighted by Crippen LogP contribution is 2.36. The lowest BCUT2D eigenvalue weighted by molar-refractivity contribution is -0.144. The molecule has 1 heterocycles. The highest BCUT2D eigenvalue weighted by molar-refractivity contribution is 5.70. The highest BCUT2D eigenvalue weighted by Gasteiger charge is 2.31. The summed E-state index contributed by atoms with van der Waals surface area (Å²) in [6.45, 7) is 3.63. The van der Waals surface area contributed by atoms with E-state index in [4.69, 9.17) is 9.47 Å². The molecule has 5 nitrogen and oxygen atoms in total. The van der Waals surface area contributed by atoms with Gasteiger partial charge in [-0.3, -0.25) is 9.69 Å². The molecule has 0 bridgehead atoms. The summed E-state index contributed by atoms with van der Waals surface area (Å²) in [5.41, 5.74) is 1.07. The van der Waals surface area contributed by atoms with Crippen molar-refractivity contribution in [2.24, 2.45) is 5.92 Å². The van der Waals surface area contributed by atoms with Gasteiger partial charge in [-0.25, -0.2) is 0 Å². The van der Waals surface area contributed by atoms with Crippen LogP contribution in [0, 0.1) is 5.92 Å². The van der Waals surface area contributed by atoms with Crippen LogP contribution >= 0.6 is 0 Å². The van der Waals surface area contributed by atoms with Gasteiger partial charge in [-0.2, -0.15) is 0 Å². The standard InChI is InChI=1S/C17H25NO4/c1-4-15(18-9-5-6-12(11-18)17(19)20)14-10-13(21-2)7-8-16(14)22-3/h7-8,10,12,15H,4-6,9,11H2,1-3H3,(H,19,20). The number of carboxylic acids is 1. The Morgan fingerprint density at radius 1 is 1.41 bits per heavy atom. The van der Waals surface area contributed by atoms with Crippen molar-refractivity contribution in [2.75, 3.05) is 27.3 Å². The summed E-state index contributed by atoms with van der Waals surface area (Å²) in [5.74, 6) is 0.641. The van der Waals surface area contributed by atoms with Crippen molar-refractivity contribution in [2.45, 2.75) is 32.2 Å². The Hall–Kier alpha value is -1.75. The minimum Gasteiger partial charge on any atom is -0.497 e. The van der Waals surface area contributed by atoms with E-state index in [9.17, 15) is 9.90 Å². The largest absolute Gasteiger partial charge is 0.497 e. The number of carboxylic acid groups (broad SMARTS) is 1. The first kappa shape index (κ1) is 16.6. The van der Waals surface area contributed by atoms with Crippen LogP contribution in [0.5, 0.6) is 11.5 Å². The van der Waals surface area contributed by atoms with Crippen LogP contribution < -0.4 is 9.47 Å². The number of benzene rings is 1. The molecular formula is C17H25NO4. The maximum Gasteiger partial charge on any atom is 0.307 e. The quantitative estimate of drug-likeness (QED) is 0.875. The summed E-state index contributed by atoms with van der Waals surface area (Å²) in [6.07, 6.45) is 2.58. The number of piperidine rings is 1. The lowest BCUT2D eigenvalue weighted by Gasteiger charge is -2.37. The summed E-state index contributed by atoms with van der Waals surface area (Å²) in [5, 5.41) is 9.29. The number of likely N-dealkylation sites (tertiary alicyclic amines) is 1. The maximum atomic E-state index is 11.3. The monoisotopic (exact) mass is 307 g/mol. The molecule has 1 saturated heterocycles. The minimum absolute atomic E-state index is 0.146. The number of methoxy groups -OCH3 is 2. The molecular weight excluding hydrogens is 282 g/mol. The third kappa shape index (κ3) is 3.53. The van der Waals surface area contributed by atoms with E-state index in [-0.39, 0.29) is 12.0 Å². The van der Waals surface area contributed by atoms with E-state index in [2.05, 4.69) is 11.8 Å². The van der Waals surface area contributed by atoms with Crippen molar-refractivity contribution in [3.05, 3.63) is 23.8 Å². The third-order valence-electron chi connectivity index (χ3n) is 4.43. The lowest BCUT2D eigenvalue weighted by Crippen LogP contribution is -2.40. The molecule has 1 aromatic rings. The SMILES string of the molecule is CCC(c1cc(OC)ccc1OC)N1CCCC(C(=O)O)C1. The second-order valence-corrected chi connectivity index (χ2v) is 5.70. The Morgan fingerprint density at radius 3 is 2.77 bits per heavy atom. The smallest absolute Gasteiger partial charge is 0.307 e. The van der Waals surface area contributed by atoms with Crippen LogP contribution in [0.3, 0.4) is 0 Å². The van der Waals surface area contributed by atoms with Crippen molar-refractivity contribution in [1.82, 2.24) is 4.90 Å². The van der Waals surface area contributed by atoms with E-state index in [1.807, 2.05) is 18.2 Å². The van der Waals surface area contributed by atoms with Crippen molar-refractivity contribution in [3.8, 4) is 11.5 Å². The summed E-state index contributed by atoms with van der Waals surface area (Å²) < 4.78 is 10.8. The molecule has 2 atom stereocenters. The van der Waals surface area contributed by atoms with Gasteiger partial charge in [0.05, 0.1) is 20.1 Å². The van der Waals surface area contributed by atoms with Crippen LogP contribution in [0.4, 0.5) is 0 Å². The molecule has 0 saturated carbocycles. The van der Waals surface area contributed by atoms with E-state index in [1.165, 1.54) is 0 Å². The van der Waals surface area contributed by atoms with E-state index in [0.717, 1.165) is 42.9 Å². The number of hydrogen-bond acceptors (Lipinski definition) is 4. The Kier molecular flexibility index (Phi) is 5.66. The number of carbonyl (C=O) groups is 1. The Morgan fingerprint density at radius 2 is 2.18 bits per heavy atom. The van der Waals surface area contributed by atoms with E-state index < -0.39 is 5.97 Å². The zero-order valence-electron chi connectivity index (χ0n) is 13.5. The maximum absolute atomic E-state index is 11.3. The first-order valence-electron chi connectivity index (χ1n) is 7.79. The number of aliphatic carboxylic acids is 1. The molecule has 1 aliphatic heterocycles. The lowest BCUT2D eigenvalue weighted by atomic mass is 9.93. The summed E-state index contributed by atoms with van der Waals surface area (Å²) in [7, 11) is 3.31. The fourth-order valence-electron chi connectivity index (χ4n) is 3.27. The van der Waals surface area contributed by atoms with Gasteiger partial charge in [-0.1, -0.05) is 6.92 Å². The van der Waals surface area contributed by atoms with Gasteiger partial charge >= 0.3 is 5.97 Å². The zero-order chi connectivity index (χ0) is 16.1. The van der Waals surface area contributed by atoms with E-state index in [0.29, 0.717) is 6.54 Å². The molecule has 1 aliphatic rings. The highest BCUT2D eigenvalue weighted by atomic mass is 16.5. The molecule has 0 amide bonds. The Balaban J connectivity index is 2.29. The van der Waals surface area contributed by atoms with Gasteiger partial charge in [0.15, 0.2) is 0 Å². The van der Waals surface area contributed by atoms with Crippen LogP contribution in [0.15, 0.2) is 18.2 Å². The zero-order valence-corrected chi connectivity index (χ0v) is 13.5. The molecule has 0 aromatic heterocycles. The second-order valence-electron chi connectivity index (χ2n) is 5.70. The summed E-state index contributed by atoms with van der Waals surface area (Å²) >= 11 is 0. The van der Waals surface area contributed by atoms with Crippen LogP contribution in [-0.4, -0.2) is 43.3 Å². The molecule has 1 N–H and O–H groups in total. The molecule has 2 rings (SSSR count). The van der Waals surface area contributed by atoms with Gasteiger partial charge in [0.2, 0.25) is 0 Å². The number of nitrogens with zero attached hydrogens (tertiary/aromatic N) is 1. The average Bonchev–Trinajstić information content (AvgIpc) is 2.55. The van der Waals surface area contributed by atoms with Gasteiger partial charge in [0, 0.05) is 18.2 Å². The fourth-order valence-corrected chi connectivity index (χ4v) is 3.27. The van der Waals surface area contributed by atoms with E-state index >= 15 is 0 Å². The number of hydrogen-bond donors (Lipinski definition) is 1. The first-order valence-corrected chi connectivity index (χ1v) is 7.79. The van der Waals surface area contributed by atoms with Crippen molar-refractivity contribution in [1.29, 1.82) is 0 Å². The van der Waals surface area contributed by atoms with Crippen molar-refractivity contribution >= 4 is 5.97 Å². The van der Waals surface area contributed by atoms with Gasteiger partial charge < -0.3 is 14.6 Å². The first-order chi connectivity index (χ1) is 10.6. The Bertz CT molecular complexity index is 517. The molecule has 22 heavy (non-hydrogen) atoms. The predicted molar refractivity (Wildman–Crippen MR) is 84.5 cm³/mol.